The molecule has 0 aliphatic heterocycles. The fourth-order valence-corrected chi connectivity index (χ4v) is 3.16. The van der Waals surface area contributed by atoms with Gasteiger partial charge in [-0.2, -0.15) is 0 Å². The molecule has 0 aliphatic carbocycles. The molecule has 0 aliphatic rings. The minimum atomic E-state index is -0.737. The molecular weight excluding hydrogens is 407 g/mol. The molecular formula is C23H28ClFN2O3. The first kappa shape index (κ1) is 23.7. The number of carbonyl (C=O) groups is 2. The van der Waals surface area contributed by atoms with Crippen LogP contribution in [0.1, 0.15) is 38.3 Å². The van der Waals surface area contributed by atoms with Crippen LogP contribution >= 0.6 is 11.6 Å². The van der Waals surface area contributed by atoms with E-state index in [1.165, 1.54) is 17.0 Å². The third kappa shape index (κ3) is 6.20. The summed E-state index contributed by atoms with van der Waals surface area (Å²) in [5.41, 5.74) is 0.949. The summed E-state index contributed by atoms with van der Waals surface area (Å²) >= 11 is 6.10. The highest BCUT2D eigenvalue weighted by Crippen LogP contribution is 2.22. The predicted molar refractivity (Wildman–Crippen MR) is 116 cm³/mol. The van der Waals surface area contributed by atoms with Gasteiger partial charge in [0, 0.05) is 23.2 Å². The molecule has 0 saturated carbocycles. The van der Waals surface area contributed by atoms with E-state index in [0.29, 0.717) is 5.75 Å². The van der Waals surface area contributed by atoms with Crippen molar-refractivity contribution in [1.29, 1.82) is 0 Å². The number of hydrogen-bond acceptors (Lipinski definition) is 3. The third-order valence-electron chi connectivity index (χ3n) is 5.07. The monoisotopic (exact) mass is 434 g/mol. The van der Waals surface area contributed by atoms with Crippen molar-refractivity contribution in [3.63, 3.8) is 0 Å². The molecule has 0 fully saturated rings. The molecule has 0 radical (unpaired) electrons. The minimum Gasteiger partial charge on any atom is -0.497 e. The molecule has 2 aromatic carbocycles. The average Bonchev–Trinajstić information content (AvgIpc) is 2.74. The van der Waals surface area contributed by atoms with Crippen LogP contribution in [0.4, 0.5) is 4.39 Å². The Kier molecular flexibility index (Phi) is 8.66. The van der Waals surface area contributed by atoms with Gasteiger partial charge in [0.25, 0.3) is 0 Å². The first-order chi connectivity index (χ1) is 14.3. The van der Waals surface area contributed by atoms with Gasteiger partial charge in [0.1, 0.15) is 17.6 Å². The van der Waals surface area contributed by atoms with E-state index in [2.05, 4.69) is 5.32 Å². The topological polar surface area (TPSA) is 58.6 Å². The smallest absolute Gasteiger partial charge is 0.242 e. The Morgan fingerprint density at radius 2 is 1.83 bits per heavy atom. The second kappa shape index (κ2) is 11.0. The summed E-state index contributed by atoms with van der Waals surface area (Å²) in [7, 11) is 1.57. The van der Waals surface area contributed by atoms with Crippen LogP contribution in [0.3, 0.4) is 0 Å². The molecule has 5 nitrogen and oxygen atoms in total. The van der Waals surface area contributed by atoms with Gasteiger partial charge in [0.15, 0.2) is 0 Å². The van der Waals surface area contributed by atoms with Crippen LogP contribution in [0, 0.1) is 5.82 Å². The molecule has 7 heteroatoms. The quantitative estimate of drug-likeness (QED) is 0.637. The number of carbonyl (C=O) groups excluding carboxylic acids is 2. The van der Waals surface area contributed by atoms with E-state index in [0.717, 1.165) is 12.0 Å². The Hall–Kier alpha value is -2.60. The number of nitrogens with one attached hydrogen (secondary N) is 1. The lowest BCUT2D eigenvalue weighted by Gasteiger charge is -2.30. The van der Waals surface area contributed by atoms with Crippen molar-refractivity contribution in [2.45, 2.75) is 52.2 Å². The molecule has 2 rings (SSSR count). The van der Waals surface area contributed by atoms with E-state index in [-0.39, 0.29) is 41.4 Å². The molecule has 30 heavy (non-hydrogen) atoms. The zero-order chi connectivity index (χ0) is 22.3. The summed E-state index contributed by atoms with van der Waals surface area (Å²) in [5, 5.41) is 3.09. The SMILES string of the molecule is CC[C@H](C)NC(=O)[C@H](C)N(Cc1ccc(OC)cc1)C(=O)Cc1c(F)cccc1Cl. The lowest BCUT2D eigenvalue weighted by Crippen LogP contribution is -2.50. The second-order valence-corrected chi connectivity index (χ2v) is 7.65. The first-order valence-corrected chi connectivity index (χ1v) is 10.3. The van der Waals surface area contributed by atoms with E-state index in [1.54, 1.807) is 32.2 Å². The van der Waals surface area contributed by atoms with E-state index >= 15 is 0 Å². The number of hydrogen-bond donors (Lipinski definition) is 1. The molecule has 2 atom stereocenters. The zero-order valence-corrected chi connectivity index (χ0v) is 18.5. The molecule has 0 bridgehead atoms. The van der Waals surface area contributed by atoms with E-state index < -0.39 is 11.9 Å². The molecule has 2 aromatic rings. The van der Waals surface area contributed by atoms with Crippen LogP contribution in [0.2, 0.25) is 5.02 Å². The van der Waals surface area contributed by atoms with Crippen molar-refractivity contribution >= 4 is 23.4 Å². The van der Waals surface area contributed by atoms with Gasteiger partial charge in [-0.25, -0.2) is 4.39 Å². The number of ether oxygens (including phenoxy) is 1. The Morgan fingerprint density at radius 3 is 2.40 bits per heavy atom. The molecule has 0 unspecified atom stereocenters. The van der Waals surface area contributed by atoms with E-state index in [1.807, 2.05) is 26.0 Å². The van der Waals surface area contributed by atoms with Crippen molar-refractivity contribution in [2.75, 3.05) is 7.11 Å². The van der Waals surface area contributed by atoms with E-state index in [4.69, 9.17) is 16.3 Å². The molecule has 0 aromatic heterocycles. The number of amides is 2. The third-order valence-corrected chi connectivity index (χ3v) is 5.42. The van der Waals surface area contributed by atoms with Gasteiger partial charge in [-0.15, -0.1) is 0 Å². The number of benzene rings is 2. The van der Waals surface area contributed by atoms with Crippen LogP contribution in [0.15, 0.2) is 42.5 Å². The average molecular weight is 435 g/mol. The van der Waals surface area contributed by atoms with Gasteiger partial charge in [-0.3, -0.25) is 9.59 Å². The maximum absolute atomic E-state index is 14.2. The van der Waals surface area contributed by atoms with Crippen molar-refractivity contribution in [1.82, 2.24) is 10.2 Å². The lowest BCUT2D eigenvalue weighted by atomic mass is 10.1. The van der Waals surface area contributed by atoms with Gasteiger partial charge in [0.2, 0.25) is 11.8 Å². The summed E-state index contributed by atoms with van der Waals surface area (Å²) in [4.78, 5) is 27.3. The number of nitrogens with zero attached hydrogens (tertiary/aromatic N) is 1. The Bertz CT molecular complexity index is 853. The fourth-order valence-electron chi connectivity index (χ4n) is 2.93. The molecule has 1 N–H and O–H groups in total. The Labute approximate surface area is 182 Å². The van der Waals surface area contributed by atoms with Crippen LogP contribution in [-0.2, 0) is 22.6 Å². The summed E-state index contributed by atoms with van der Waals surface area (Å²) < 4.78 is 19.4. The van der Waals surface area contributed by atoms with Gasteiger partial charge in [0.05, 0.1) is 13.5 Å². The maximum Gasteiger partial charge on any atom is 0.242 e. The van der Waals surface area contributed by atoms with Crippen molar-refractivity contribution in [3.8, 4) is 5.75 Å². The van der Waals surface area contributed by atoms with Crippen molar-refractivity contribution in [3.05, 3.63) is 64.4 Å². The van der Waals surface area contributed by atoms with Crippen LogP contribution < -0.4 is 10.1 Å². The largest absolute Gasteiger partial charge is 0.497 e. The summed E-state index contributed by atoms with van der Waals surface area (Å²) in [6.45, 7) is 5.74. The minimum absolute atomic E-state index is 0.0149. The Balaban J connectivity index is 2.28. The summed E-state index contributed by atoms with van der Waals surface area (Å²) in [6, 6.07) is 10.8. The number of methoxy groups -OCH3 is 1. The number of halogens is 2. The van der Waals surface area contributed by atoms with Gasteiger partial charge in [-0.1, -0.05) is 36.7 Å². The normalized spacial score (nSPS) is 12.7. The van der Waals surface area contributed by atoms with Crippen LogP contribution in [0.5, 0.6) is 5.75 Å². The second-order valence-electron chi connectivity index (χ2n) is 7.24. The summed E-state index contributed by atoms with van der Waals surface area (Å²) in [6.07, 6.45) is 0.540. The van der Waals surface area contributed by atoms with Crippen molar-refractivity contribution in [2.24, 2.45) is 0 Å². The zero-order valence-electron chi connectivity index (χ0n) is 17.7. The fraction of sp³-hybridized carbons (Fsp3) is 0.391. The standard InChI is InChI=1S/C23H28ClFN2O3/c1-5-15(2)26-23(29)16(3)27(14-17-9-11-18(30-4)12-10-17)22(28)13-19-20(24)7-6-8-21(19)25/h6-12,15-16H,5,13-14H2,1-4H3,(H,26,29)/t15-,16-/m0/s1. The highest BCUT2D eigenvalue weighted by molar-refractivity contribution is 6.31. The predicted octanol–water partition coefficient (Wildman–Crippen LogP) is 4.36. The van der Waals surface area contributed by atoms with Crippen LogP contribution in [-0.4, -0.2) is 35.9 Å². The molecule has 162 valence electrons. The van der Waals surface area contributed by atoms with Gasteiger partial charge in [-0.05, 0) is 50.1 Å². The van der Waals surface area contributed by atoms with Gasteiger partial charge >= 0.3 is 0 Å². The molecule has 2 amide bonds. The highest BCUT2D eigenvalue weighted by Gasteiger charge is 2.28. The molecule has 0 heterocycles. The maximum atomic E-state index is 14.2. The first-order valence-electron chi connectivity index (χ1n) is 9.92. The van der Waals surface area contributed by atoms with E-state index in [9.17, 15) is 14.0 Å². The lowest BCUT2D eigenvalue weighted by molar-refractivity contribution is -0.140. The highest BCUT2D eigenvalue weighted by atomic mass is 35.5. The van der Waals surface area contributed by atoms with Crippen LogP contribution in [0.25, 0.3) is 0 Å². The van der Waals surface area contributed by atoms with Gasteiger partial charge < -0.3 is 15.0 Å². The summed E-state index contributed by atoms with van der Waals surface area (Å²) in [5.74, 6) is -0.496. The van der Waals surface area contributed by atoms with Crippen molar-refractivity contribution < 1.29 is 18.7 Å². The molecule has 0 saturated heterocycles. The number of rotatable bonds is 9. The molecule has 0 spiro atoms. The Morgan fingerprint density at radius 1 is 1.17 bits per heavy atom.